The van der Waals surface area contributed by atoms with E-state index in [1.807, 2.05) is 25.3 Å². The molecule has 142 valence electrons. The first-order valence-corrected chi connectivity index (χ1v) is 10.2. The Kier molecular flexibility index (Phi) is 5.81. The lowest BCUT2D eigenvalue weighted by atomic mass is 10.1. The van der Waals surface area contributed by atoms with E-state index in [4.69, 9.17) is 14.1 Å². The molecule has 6 nitrogen and oxygen atoms in total. The zero-order chi connectivity index (χ0) is 18.5. The smallest absolute Gasteiger partial charge is 0.223 e. The van der Waals surface area contributed by atoms with Crippen LogP contribution < -0.4 is 5.32 Å². The lowest BCUT2D eigenvalue weighted by molar-refractivity contribution is 0.0378. The van der Waals surface area contributed by atoms with Crippen molar-refractivity contribution in [3.05, 3.63) is 40.9 Å². The zero-order valence-corrected chi connectivity index (χ0v) is 16.3. The summed E-state index contributed by atoms with van der Waals surface area (Å²) >= 11 is 1.66. The number of aromatic nitrogens is 2. The highest BCUT2D eigenvalue weighted by Crippen LogP contribution is 2.32. The fourth-order valence-electron chi connectivity index (χ4n) is 3.17. The van der Waals surface area contributed by atoms with Crippen LogP contribution in [-0.4, -0.2) is 54.3 Å². The molecule has 1 aliphatic rings. The molecular formula is C20H24N4O2S. The van der Waals surface area contributed by atoms with E-state index in [1.54, 1.807) is 11.3 Å². The van der Waals surface area contributed by atoms with Crippen molar-refractivity contribution in [3.8, 4) is 22.6 Å². The monoisotopic (exact) mass is 384 g/mol. The second kappa shape index (κ2) is 8.65. The molecule has 0 saturated carbocycles. The van der Waals surface area contributed by atoms with Crippen molar-refractivity contribution < 1.29 is 9.15 Å². The highest BCUT2D eigenvalue weighted by atomic mass is 32.1. The average Bonchev–Trinajstić information content (AvgIpc) is 3.38. The van der Waals surface area contributed by atoms with Gasteiger partial charge < -0.3 is 14.5 Å². The molecule has 1 saturated heterocycles. The summed E-state index contributed by atoms with van der Waals surface area (Å²) in [6.45, 7) is 7.57. The Morgan fingerprint density at radius 3 is 2.85 bits per heavy atom. The fraction of sp³-hybridized carbons (Fsp3) is 0.400. The standard InChI is InChI=1S/C20H24N4O2S/c1-15-3-4-18(26-15)19-17(16-5-12-27-14-16)13-22-20(23-19)21-6-2-7-24-8-10-25-11-9-24/h3-5,12-14H,2,6-11H2,1H3,(H,21,22,23). The van der Waals surface area contributed by atoms with Crippen LogP contribution >= 0.6 is 11.3 Å². The first kappa shape index (κ1) is 18.2. The van der Waals surface area contributed by atoms with E-state index in [2.05, 4.69) is 32.0 Å². The van der Waals surface area contributed by atoms with Gasteiger partial charge in [-0.3, -0.25) is 4.90 Å². The van der Waals surface area contributed by atoms with Crippen molar-refractivity contribution in [2.75, 3.05) is 44.7 Å². The van der Waals surface area contributed by atoms with E-state index in [0.717, 1.165) is 74.2 Å². The highest BCUT2D eigenvalue weighted by molar-refractivity contribution is 7.08. The molecule has 0 spiro atoms. The van der Waals surface area contributed by atoms with Crippen LogP contribution in [0.25, 0.3) is 22.6 Å². The first-order chi connectivity index (χ1) is 13.3. The molecule has 3 aromatic rings. The summed E-state index contributed by atoms with van der Waals surface area (Å²) in [5.74, 6) is 2.28. The molecule has 27 heavy (non-hydrogen) atoms. The Morgan fingerprint density at radius 2 is 2.11 bits per heavy atom. The van der Waals surface area contributed by atoms with Gasteiger partial charge in [-0.1, -0.05) is 0 Å². The molecule has 1 N–H and O–H groups in total. The maximum absolute atomic E-state index is 5.84. The van der Waals surface area contributed by atoms with E-state index in [-0.39, 0.29) is 0 Å². The second-order valence-corrected chi connectivity index (χ2v) is 7.39. The van der Waals surface area contributed by atoms with Crippen LogP contribution in [0.1, 0.15) is 12.2 Å². The summed E-state index contributed by atoms with van der Waals surface area (Å²) in [5.41, 5.74) is 2.93. The summed E-state index contributed by atoms with van der Waals surface area (Å²) < 4.78 is 11.2. The van der Waals surface area contributed by atoms with Gasteiger partial charge in [0.05, 0.1) is 13.2 Å². The largest absolute Gasteiger partial charge is 0.460 e. The van der Waals surface area contributed by atoms with E-state index in [0.29, 0.717) is 5.95 Å². The second-order valence-electron chi connectivity index (χ2n) is 6.61. The Hall–Kier alpha value is -2.22. The number of rotatable bonds is 7. The number of furan rings is 1. The molecule has 0 atom stereocenters. The van der Waals surface area contributed by atoms with Gasteiger partial charge in [0.2, 0.25) is 5.95 Å². The van der Waals surface area contributed by atoms with Crippen molar-refractivity contribution in [2.24, 2.45) is 0 Å². The zero-order valence-electron chi connectivity index (χ0n) is 15.5. The van der Waals surface area contributed by atoms with Crippen molar-refractivity contribution in [3.63, 3.8) is 0 Å². The Balaban J connectivity index is 1.45. The van der Waals surface area contributed by atoms with Crippen LogP contribution in [0.3, 0.4) is 0 Å². The van der Waals surface area contributed by atoms with E-state index in [9.17, 15) is 0 Å². The first-order valence-electron chi connectivity index (χ1n) is 9.30. The maximum atomic E-state index is 5.84. The lowest BCUT2D eigenvalue weighted by Crippen LogP contribution is -2.37. The molecule has 1 aliphatic heterocycles. The number of aryl methyl sites for hydroxylation is 1. The van der Waals surface area contributed by atoms with E-state index in [1.165, 1.54) is 0 Å². The molecular weight excluding hydrogens is 360 g/mol. The number of nitrogens with one attached hydrogen (secondary N) is 1. The molecule has 3 aromatic heterocycles. The van der Waals surface area contributed by atoms with Gasteiger partial charge in [0, 0.05) is 31.4 Å². The summed E-state index contributed by atoms with van der Waals surface area (Å²) in [6.07, 6.45) is 2.93. The summed E-state index contributed by atoms with van der Waals surface area (Å²) in [7, 11) is 0. The summed E-state index contributed by atoms with van der Waals surface area (Å²) in [5, 5.41) is 7.52. The van der Waals surface area contributed by atoms with Crippen molar-refractivity contribution in [1.29, 1.82) is 0 Å². The predicted octanol–water partition coefficient (Wildman–Crippen LogP) is 3.91. The van der Waals surface area contributed by atoms with Crippen molar-refractivity contribution in [1.82, 2.24) is 14.9 Å². The molecule has 0 bridgehead atoms. The van der Waals surface area contributed by atoms with Gasteiger partial charge in [-0.05, 0) is 54.4 Å². The summed E-state index contributed by atoms with van der Waals surface area (Å²) in [4.78, 5) is 11.7. The number of morpholine rings is 1. The number of anilines is 1. The maximum Gasteiger partial charge on any atom is 0.223 e. The molecule has 0 radical (unpaired) electrons. The highest BCUT2D eigenvalue weighted by Gasteiger charge is 2.15. The van der Waals surface area contributed by atoms with Gasteiger partial charge >= 0.3 is 0 Å². The third-order valence-corrected chi connectivity index (χ3v) is 5.32. The average molecular weight is 385 g/mol. The number of thiophene rings is 1. The third-order valence-electron chi connectivity index (χ3n) is 4.63. The predicted molar refractivity (Wildman–Crippen MR) is 108 cm³/mol. The molecule has 0 amide bonds. The lowest BCUT2D eigenvalue weighted by Gasteiger charge is -2.26. The molecule has 4 rings (SSSR count). The van der Waals surface area contributed by atoms with Gasteiger partial charge in [0.1, 0.15) is 11.5 Å². The normalized spacial score (nSPS) is 15.1. The van der Waals surface area contributed by atoms with Crippen LogP contribution in [0.5, 0.6) is 0 Å². The molecule has 0 unspecified atom stereocenters. The topological polar surface area (TPSA) is 63.4 Å². The van der Waals surface area contributed by atoms with Gasteiger partial charge in [-0.25, -0.2) is 9.97 Å². The fourth-order valence-corrected chi connectivity index (χ4v) is 3.83. The minimum absolute atomic E-state index is 0.639. The molecule has 7 heteroatoms. The molecule has 0 aliphatic carbocycles. The minimum atomic E-state index is 0.639. The van der Waals surface area contributed by atoms with Crippen LogP contribution in [0, 0.1) is 6.92 Å². The number of hydrogen-bond donors (Lipinski definition) is 1. The van der Waals surface area contributed by atoms with Gasteiger partial charge in [-0.15, -0.1) is 0 Å². The molecule has 4 heterocycles. The van der Waals surface area contributed by atoms with Crippen LogP contribution in [0.2, 0.25) is 0 Å². The van der Waals surface area contributed by atoms with E-state index < -0.39 is 0 Å². The number of ether oxygens (including phenoxy) is 1. The number of hydrogen-bond acceptors (Lipinski definition) is 7. The summed E-state index contributed by atoms with van der Waals surface area (Å²) in [6, 6.07) is 6.01. The Bertz CT molecular complexity index is 857. The van der Waals surface area contributed by atoms with E-state index >= 15 is 0 Å². The SMILES string of the molecule is Cc1ccc(-c2nc(NCCCN3CCOCC3)ncc2-c2ccsc2)o1. The van der Waals surface area contributed by atoms with Gasteiger partial charge in [-0.2, -0.15) is 11.3 Å². The van der Waals surface area contributed by atoms with Gasteiger partial charge in [0.25, 0.3) is 0 Å². The molecule has 0 aromatic carbocycles. The van der Waals surface area contributed by atoms with Gasteiger partial charge in [0.15, 0.2) is 5.76 Å². The quantitative estimate of drug-likeness (QED) is 0.623. The Labute approximate surface area is 163 Å². The number of nitrogens with zero attached hydrogens (tertiary/aromatic N) is 3. The van der Waals surface area contributed by atoms with Crippen LogP contribution in [-0.2, 0) is 4.74 Å². The third kappa shape index (κ3) is 4.55. The van der Waals surface area contributed by atoms with Crippen molar-refractivity contribution in [2.45, 2.75) is 13.3 Å². The Morgan fingerprint density at radius 1 is 1.22 bits per heavy atom. The van der Waals surface area contributed by atoms with Crippen molar-refractivity contribution >= 4 is 17.3 Å². The minimum Gasteiger partial charge on any atom is -0.460 e. The van der Waals surface area contributed by atoms with Crippen LogP contribution in [0.4, 0.5) is 5.95 Å². The molecule has 1 fully saturated rings. The van der Waals surface area contributed by atoms with Crippen LogP contribution in [0.15, 0.2) is 39.6 Å².